The number of aliphatic hydroxyl groups is 1. The number of halogens is 3. The van der Waals surface area contributed by atoms with Crippen LogP contribution in [0.5, 0.6) is 0 Å². The number of fused-ring (bicyclic) bond motifs is 4. The first kappa shape index (κ1) is 27.5. The van der Waals surface area contributed by atoms with Gasteiger partial charge in [-0.3, -0.25) is 4.79 Å². The molecule has 4 amide bonds. The molecule has 212 valence electrons. The molecule has 1 aliphatic heterocycles. The SMILES string of the molecule is C[N+]1=C2C(F)=CC=CC2C(=O)N(c2cccc(-c3c(F)cc(C(N)=O)c4[nH]c5cc(C(C)(C)O)ccc5c34)c2Cl)C1=O. The third-order valence-electron chi connectivity index (χ3n) is 7.70. The van der Waals surface area contributed by atoms with Gasteiger partial charge in [0.15, 0.2) is 17.2 Å². The molecule has 6 rings (SSSR count). The molecule has 1 aliphatic carbocycles. The Morgan fingerprint density at radius 2 is 1.90 bits per heavy atom. The van der Waals surface area contributed by atoms with Crippen LogP contribution < -0.4 is 10.6 Å². The summed E-state index contributed by atoms with van der Waals surface area (Å²) < 4.78 is 31.6. The van der Waals surface area contributed by atoms with Gasteiger partial charge in [0.05, 0.1) is 28.8 Å². The van der Waals surface area contributed by atoms with Crippen molar-refractivity contribution in [3.8, 4) is 11.1 Å². The molecule has 1 aromatic heterocycles. The molecule has 1 atom stereocenters. The van der Waals surface area contributed by atoms with Crippen molar-refractivity contribution in [2.45, 2.75) is 19.4 Å². The van der Waals surface area contributed by atoms with Crippen molar-refractivity contribution in [1.82, 2.24) is 4.98 Å². The average Bonchev–Trinajstić information content (AvgIpc) is 3.30. The predicted molar refractivity (Wildman–Crippen MR) is 156 cm³/mol. The number of hydrogen-bond donors (Lipinski definition) is 3. The Balaban J connectivity index is 1.61. The fourth-order valence-corrected chi connectivity index (χ4v) is 5.93. The summed E-state index contributed by atoms with van der Waals surface area (Å²) in [5, 5.41) is 11.2. The summed E-state index contributed by atoms with van der Waals surface area (Å²) >= 11 is 6.86. The Hall–Kier alpha value is -4.67. The molecule has 4 N–H and O–H groups in total. The van der Waals surface area contributed by atoms with Gasteiger partial charge < -0.3 is 15.8 Å². The summed E-state index contributed by atoms with van der Waals surface area (Å²) in [6, 6.07) is 9.73. The van der Waals surface area contributed by atoms with Crippen LogP contribution >= 0.6 is 11.6 Å². The lowest BCUT2D eigenvalue weighted by Crippen LogP contribution is -2.54. The number of allylic oxidation sites excluding steroid dienone is 3. The zero-order valence-corrected chi connectivity index (χ0v) is 23.4. The van der Waals surface area contributed by atoms with E-state index >= 15 is 4.39 Å². The number of nitrogens with two attached hydrogens (primary N) is 1. The Morgan fingerprint density at radius 3 is 2.60 bits per heavy atom. The molecule has 0 saturated carbocycles. The summed E-state index contributed by atoms with van der Waals surface area (Å²) in [5.74, 6) is -4.14. The molecule has 0 bridgehead atoms. The Kier molecular flexibility index (Phi) is 6.18. The van der Waals surface area contributed by atoms with E-state index in [1.54, 1.807) is 32.0 Å². The number of aromatic nitrogens is 1. The first-order chi connectivity index (χ1) is 19.8. The molecule has 0 spiro atoms. The van der Waals surface area contributed by atoms with Crippen molar-refractivity contribution in [3.63, 3.8) is 0 Å². The highest BCUT2D eigenvalue weighted by molar-refractivity contribution is 6.39. The number of urea groups is 1. The number of carbonyl (C=O) groups excluding carboxylic acids is 3. The average molecular weight is 590 g/mol. The highest BCUT2D eigenvalue weighted by Gasteiger charge is 2.50. The highest BCUT2D eigenvalue weighted by atomic mass is 35.5. The van der Waals surface area contributed by atoms with Crippen molar-refractivity contribution in [2.24, 2.45) is 11.7 Å². The van der Waals surface area contributed by atoms with Crippen LogP contribution in [0.15, 0.2) is 66.5 Å². The molecule has 0 saturated heterocycles. The molecular formula is C31H24ClF2N4O4+. The van der Waals surface area contributed by atoms with Crippen LogP contribution in [-0.2, 0) is 10.4 Å². The second-order valence-corrected chi connectivity index (χ2v) is 11.1. The lowest BCUT2D eigenvalue weighted by atomic mass is 9.92. The summed E-state index contributed by atoms with van der Waals surface area (Å²) in [6.07, 6.45) is 4.05. The second-order valence-electron chi connectivity index (χ2n) is 10.8. The predicted octanol–water partition coefficient (Wildman–Crippen LogP) is 5.70. The Bertz CT molecular complexity index is 2000. The highest BCUT2D eigenvalue weighted by Crippen LogP contribution is 2.45. The van der Waals surface area contributed by atoms with Crippen LogP contribution in [0.25, 0.3) is 32.9 Å². The maximum Gasteiger partial charge on any atom is 0.506 e. The van der Waals surface area contributed by atoms with Crippen molar-refractivity contribution >= 4 is 62.7 Å². The smallest absolute Gasteiger partial charge is 0.386 e. The van der Waals surface area contributed by atoms with E-state index in [4.69, 9.17) is 17.3 Å². The molecule has 0 radical (unpaired) electrons. The van der Waals surface area contributed by atoms with E-state index in [1.165, 1.54) is 43.5 Å². The van der Waals surface area contributed by atoms with Gasteiger partial charge >= 0.3 is 11.9 Å². The molecule has 1 unspecified atom stereocenters. The molecule has 4 aromatic rings. The standard InChI is InChI=1S/C31H23ClF2N4O4/c1-31(2,42)14-10-11-15-21(12-14)36-26-18(28(35)39)13-20(34)23(24(15)26)16-6-5-9-22(25(16)32)38-29(40)17-7-4-8-19(33)27(17)37(3)30(38)41/h4-13,17,42H,1-3H3,(H2-,35,36,39)/p+1. The lowest BCUT2D eigenvalue weighted by Gasteiger charge is -2.26. The molecule has 8 nitrogen and oxygen atoms in total. The fraction of sp³-hybridized carbons (Fsp3) is 0.161. The Labute approximate surface area is 243 Å². The largest absolute Gasteiger partial charge is 0.506 e. The maximum atomic E-state index is 16.0. The van der Waals surface area contributed by atoms with E-state index in [2.05, 4.69) is 4.98 Å². The zero-order valence-electron chi connectivity index (χ0n) is 22.6. The third kappa shape index (κ3) is 3.98. The number of H-pyrrole nitrogens is 1. The monoisotopic (exact) mass is 589 g/mol. The Morgan fingerprint density at radius 1 is 1.17 bits per heavy atom. The lowest BCUT2D eigenvalue weighted by molar-refractivity contribution is -0.395. The minimum atomic E-state index is -1.17. The number of amides is 4. The van der Waals surface area contributed by atoms with E-state index in [0.717, 1.165) is 15.5 Å². The molecule has 0 fully saturated rings. The number of rotatable bonds is 4. The topological polar surface area (TPSA) is 120 Å². The normalized spacial score (nSPS) is 17.4. The maximum absolute atomic E-state index is 16.0. The van der Waals surface area contributed by atoms with Gasteiger partial charge in [0, 0.05) is 27.4 Å². The summed E-state index contributed by atoms with van der Waals surface area (Å²) in [5.41, 5.74) is 5.73. The van der Waals surface area contributed by atoms with E-state index in [0.29, 0.717) is 21.9 Å². The van der Waals surface area contributed by atoms with Crippen LogP contribution in [0, 0.1) is 11.7 Å². The van der Waals surface area contributed by atoms with Gasteiger partial charge in [0.25, 0.3) is 5.91 Å². The number of imide groups is 1. The number of nitrogens with one attached hydrogen (secondary N) is 1. The second kappa shape index (κ2) is 9.43. The quantitative estimate of drug-likeness (QED) is 0.265. The number of benzene rings is 3. The minimum absolute atomic E-state index is 0.00756. The number of carbonyl (C=O) groups is 3. The number of nitrogens with zero attached hydrogens (tertiary/aromatic N) is 2. The molecule has 2 heterocycles. The van der Waals surface area contributed by atoms with Crippen LogP contribution in [0.3, 0.4) is 0 Å². The number of aromatic amines is 1. The fourth-order valence-electron chi connectivity index (χ4n) is 5.63. The summed E-state index contributed by atoms with van der Waals surface area (Å²) in [7, 11) is 1.36. The third-order valence-corrected chi connectivity index (χ3v) is 8.10. The van der Waals surface area contributed by atoms with Gasteiger partial charge in [0.1, 0.15) is 11.7 Å². The van der Waals surface area contributed by atoms with Gasteiger partial charge in [0.2, 0.25) is 0 Å². The molecule has 2 aliphatic rings. The number of hydrogen-bond acceptors (Lipinski definition) is 4. The van der Waals surface area contributed by atoms with Gasteiger partial charge in [-0.2, -0.15) is 9.37 Å². The molecule has 42 heavy (non-hydrogen) atoms. The number of primary amides is 1. The van der Waals surface area contributed by atoms with Gasteiger partial charge in [-0.05, 0) is 43.7 Å². The van der Waals surface area contributed by atoms with E-state index in [1.807, 2.05) is 0 Å². The van der Waals surface area contributed by atoms with Crippen LogP contribution in [-0.4, -0.2) is 45.3 Å². The van der Waals surface area contributed by atoms with Crippen LogP contribution in [0.1, 0.15) is 29.8 Å². The van der Waals surface area contributed by atoms with Crippen molar-refractivity contribution in [2.75, 3.05) is 11.9 Å². The van der Waals surface area contributed by atoms with Gasteiger partial charge in [-0.25, -0.2) is 13.6 Å². The number of anilines is 1. The minimum Gasteiger partial charge on any atom is -0.386 e. The van der Waals surface area contributed by atoms with Crippen LogP contribution in [0.2, 0.25) is 5.02 Å². The molecule has 11 heteroatoms. The first-order valence-corrected chi connectivity index (χ1v) is 13.3. The van der Waals surface area contributed by atoms with E-state index < -0.39 is 41.0 Å². The van der Waals surface area contributed by atoms with Crippen molar-refractivity contribution in [3.05, 3.63) is 88.5 Å². The molecular weight excluding hydrogens is 566 g/mol. The first-order valence-electron chi connectivity index (χ1n) is 12.9. The van der Waals surface area contributed by atoms with E-state index in [-0.39, 0.29) is 38.6 Å². The summed E-state index contributed by atoms with van der Waals surface area (Å²) in [4.78, 5) is 43.2. The van der Waals surface area contributed by atoms with Gasteiger partial charge in [-0.1, -0.05) is 48.0 Å². The van der Waals surface area contributed by atoms with E-state index in [9.17, 15) is 23.9 Å². The molecule has 3 aromatic carbocycles. The summed E-state index contributed by atoms with van der Waals surface area (Å²) in [6.45, 7) is 3.24. The van der Waals surface area contributed by atoms with Gasteiger partial charge in [-0.15, -0.1) is 4.90 Å². The van der Waals surface area contributed by atoms with Crippen molar-refractivity contribution in [1.29, 1.82) is 0 Å². The van der Waals surface area contributed by atoms with Crippen LogP contribution in [0.4, 0.5) is 19.3 Å². The zero-order chi connectivity index (χ0) is 30.2. The van der Waals surface area contributed by atoms with Crippen molar-refractivity contribution < 1.29 is 32.8 Å².